The summed E-state index contributed by atoms with van der Waals surface area (Å²) in [6.07, 6.45) is -1.28. The van der Waals surface area contributed by atoms with Gasteiger partial charge in [0.1, 0.15) is 11.8 Å². The van der Waals surface area contributed by atoms with Gasteiger partial charge < -0.3 is 29.7 Å². The summed E-state index contributed by atoms with van der Waals surface area (Å²) in [6, 6.07) is 6.70. The molecular formula is C36H35AcF3N4O6. The van der Waals surface area contributed by atoms with Gasteiger partial charge in [-0.3, -0.25) is 14.6 Å². The first kappa shape index (κ1) is 36.3. The second-order valence-corrected chi connectivity index (χ2v) is 13.0. The molecule has 1 fully saturated rings. The van der Waals surface area contributed by atoms with Crippen LogP contribution < -0.4 is 19.5 Å². The number of phenolic OH excluding ortho intramolecular Hbond substituents is 2. The number of amides is 1. The first-order valence-corrected chi connectivity index (χ1v) is 15.9. The molecule has 259 valence electrons. The van der Waals surface area contributed by atoms with Crippen LogP contribution in [0.3, 0.4) is 0 Å². The molecule has 1 saturated heterocycles. The second-order valence-electron chi connectivity index (χ2n) is 13.0. The Morgan fingerprint density at radius 2 is 1.86 bits per heavy atom. The number of phenols is 2. The van der Waals surface area contributed by atoms with Crippen molar-refractivity contribution in [1.29, 1.82) is 5.26 Å². The predicted molar refractivity (Wildman–Crippen MR) is 171 cm³/mol. The average molecular weight is 904 g/mol. The van der Waals surface area contributed by atoms with Crippen molar-refractivity contribution in [2.45, 2.75) is 63.1 Å². The summed E-state index contributed by atoms with van der Waals surface area (Å²) in [6.45, 7) is 3.51. The summed E-state index contributed by atoms with van der Waals surface area (Å²) in [4.78, 5) is 17.4. The number of nitrogens with zero attached hydrogens (tertiary/aromatic N) is 3. The standard InChI is InChI=1S/C36H35F3N4O6.Ac/c1-17-10-20-12-23-25(14-40)43-24(30(42(23)3)28(20)32(46)33(17)47-4)13-22-29(35-34(48-16-49-35)18(2)31(22)45)26(43)15-41-27(44)9-8-19-6-5-7-21(11-19)36(37,38)39;/h5-11,23-26,30,45-46H,12-13,15-16H2,1-4H3,(H,41,44);/b9-8+;/t23-,24?,25-,26-,30-;/m0./s1. The van der Waals surface area contributed by atoms with Crippen molar-refractivity contribution >= 4 is 12.0 Å². The van der Waals surface area contributed by atoms with E-state index in [1.165, 1.54) is 25.3 Å². The number of ether oxygens (including phenoxy) is 3. The number of carbonyl (C=O) groups excluding carboxylic acids is 1. The van der Waals surface area contributed by atoms with Gasteiger partial charge in [0.25, 0.3) is 0 Å². The molecular weight excluding hydrogens is 868 g/mol. The minimum atomic E-state index is -4.52. The molecule has 1 unspecified atom stereocenters. The Hall–Kier alpha value is -3.49. The van der Waals surface area contributed by atoms with Crippen LogP contribution >= 0.6 is 0 Å². The van der Waals surface area contributed by atoms with Gasteiger partial charge in [-0.2, -0.15) is 18.4 Å². The Kier molecular flexibility index (Phi) is 9.85. The van der Waals surface area contributed by atoms with Crippen molar-refractivity contribution in [3.05, 3.63) is 80.9 Å². The zero-order valence-corrected chi connectivity index (χ0v) is 32.6. The van der Waals surface area contributed by atoms with Crippen molar-refractivity contribution in [3.63, 3.8) is 0 Å². The summed E-state index contributed by atoms with van der Waals surface area (Å²) in [5.41, 5.74) is 3.48. The fraction of sp³-hybridized carbons (Fsp3) is 0.389. The predicted octanol–water partition coefficient (Wildman–Crippen LogP) is 5.07. The Morgan fingerprint density at radius 3 is 2.56 bits per heavy atom. The van der Waals surface area contributed by atoms with Gasteiger partial charge >= 0.3 is 6.18 Å². The molecule has 3 aromatic rings. The molecule has 0 aromatic heterocycles. The molecule has 2 bridgehead atoms. The molecule has 0 aliphatic carbocycles. The normalized spacial score (nSPS) is 23.7. The molecule has 5 atom stereocenters. The van der Waals surface area contributed by atoms with Crippen LogP contribution in [-0.2, 0) is 23.8 Å². The van der Waals surface area contributed by atoms with E-state index in [9.17, 15) is 33.4 Å². The van der Waals surface area contributed by atoms with E-state index < -0.39 is 41.8 Å². The fourth-order valence-electron chi connectivity index (χ4n) is 8.29. The first-order valence-electron chi connectivity index (χ1n) is 15.9. The number of halogens is 3. The summed E-state index contributed by atoms with van der Waals surface area (Å²) in [5, 5.41) is 36.8. The molecule has 1 amide bonds. The summed E-state index contributed by atoms with van der Waals surface area (Å²) in [7, 11) is 3.44. The second kappa shape index (κ2) is 13.6. The SMILES string of the molecule is COc1c(C)cc2c(c1O)[C@@H]1C3Cc4c(O)c(C)c5c(c4[C@H](CNC(=O)/C=C/c4cccc(C(F)(F)F)c4)N3[C@@H](C#N)[C@H](C2)N1C)OCO5.[Ac]. The number of hydrogen-bond donors (Lipinski definition) is 3. The van der Waals surface area contributed by atoms with Crippen LogP contribution in [0.2, 0.25) is 0 Å². The van der Waals surface area contributed by atoms with Gasteiger partial charge in [-0.25, -0.2) is 0 Å². The van der Waals surface area contributed by atoms with Gasteiger partial charge in [0.05, 0.1) is 30.8 Å². The minimum absolute atomic E-state index is 0. The van der Waals surface area contributed by atoms with E-state index >= 15 is 0 Å². The van der Waals surface area contributed by atoms with Gasteiger partial charge in [0.15, 0.2) is 23.0 Å². The molecule has 3 N–H and O–H groups in total. The Balaban J connectivity index is 0.00000432. The smallest absolute Gasteiger partial charge is 0.416 e. The number of benzene rings is 3. The molecule has 50 heavy (non-hydrogen) atoms. The van der Waals surface area contributed by atoms with E-state index in [1.807, 2.05) is 20.0 Å². The number of piperazine rings is 1. The molecule has 4 aliphatic heterocycles. The summed E-state index contributed by atoms with van der Waals surface area (Å²) < 4.78 is 57.0. The van der Waals surface area contributed by atoms with Gasteiger partial charge in [-0.05, 0) is 68.6 Å². The third kappa shape index (κ3) is 5.80. The maximum absolute atomic E-state index is 13.2. The van der Waals surface area contributed by atoms with Crippen LogP contribution in [0.4, 0.5) is 13.2 Å². The molecule has 3 aromatic carbocycles. The molecule has 10 nitrogen and oxygen atoms in total. The van der Waals surface area contributed by atoms with Gasteiger partial charge in [-0.15, -0.1) is 0 Å². The number of likely N-dealkylation sites (N-methyl/N-ethyl adjacent to an activating group) is 1. The van der Waals surface area contributed by atoms with Gasteiger partial charge in [-0.1, -0.05) is 18.2 Å². The average Bonchev–Trinajstić information content (AvgIpc) is 3.55. The van der Waals surface area contributed by atoms with E-state index in [0.29, 0.717) is 52.3 Å². The molecule has 1 radical (unpaired) electrons. The van der Waals surface area contributed by atoms with E-state index in [4.69, 9.17) is 14.2 Å². The van der Waals surface area contributed by atoms with Crippen LogP contribution in [0.25, 0.3) is 6.08 Å². The quantitative estimate of drug-likeness (QED) is 0.301. The number of alkyl halides is 3. The maximum Gasteiger partial charge on any atom is 0.416 e. The van der Waals surface area contributed by atoms with Crippen LogP contribution in [0.15, 0.2) is 36.4 Å². The largest absolute Gasteiger partial charge is 0.507 e. The molecule has 4 aliphatic rings. The van der Waals surface area contributed by atoms with Gasteiger partial charge in [0.2, 0.25) is 12.7 Å². The summed E-state index contributed by atoms with van der Waals surface area (Å²) >= 11 is 0. The number of aromatic hydroxyl groups is 2. The van der Waals surface area contributed by atoms with Crippen molar-refractivity contribution in [3.8, 4) is 34.8 Å². The van der Waals surface area contributed by atoms with E-state index in [1.54, 1.807) is 6.92 Å². The minimum Gasteiger partial charge on any atom is -0.507 e. The van der Waals surface area contributed by atoms with Crippen LogP contribution in [0.1, 0.15) is 56.6 Å². The fourth-order valence-corrected chi connectivity index (χ4v) is 8.29. The number of hydrogen-bond acceptors (Lipinski definition) is 9. The number of carbonyl (C=O) groups is 1. The van der Waals surface area contributed by atoms with Crippen molar-refractivity contribution in [2.24, 2.45) is 0 Å². The number of methoxy groups -OCH3 is 1. The number of nitrogens with one attached hydrogen (secondary N) is 1. The topological polar surface area (TPSA) is 128 Å². The zero-order valence-electron chi connectivity index (χ0n) is 27.8. The van der Waals surface area contributed by atoms with Crippen molar-refractivity contribution in [1.82, 2.24) is 15.1 Å². The third-order valence-corrected chi connectivity index (χ3v) is 10.4. The van der Waals surface area contributed by atoms with Crippen LogP contribution in [-0.4, -0.2) is 71.5 Å². The van der Waals surface area contributed by atoms with Gasteiger partial charge in [0, 0.05) is 91.0 Å². The van der Waals surface area contributed by atoms with Crippen molar-refractivity contribution < 1.29 is 86.5 Å². The Labute approximate surface area is 323 Å². The van der Waals surface area contributed by atoms with E-state index in [2.05, 4.69) is 21.2 Å². The van der Waals surface area contributed by atoms with E-state index in [-0.39, 0.29) is 80.5 Å². The van der Waals surface area contributed by atoms with E-state index in [0.717, 1.165) is 29.3 Å². The van der Waals surface area contributed by atoms with Crippen LogP contribution in [0.5, 0.6) is 28.7 Å². The molecule has 7 rings (SSSR count). The third-order valence-electron chi connectivity index (χ3n) is 10.4. The molecule has 14 heteroatoms. The first-order chi connectivity index (χ1) is 23.3. The molecule has 4 heterocycles. The monoisotopic (exact) mass is 903 g/mol. The van der Waals surface area contributed by atoms with Crippen LogP contribution in [0, 0.1) is 69.2 Å². The maximum atomic E-state index is 13.2. The molecule has 0 spiro atoms. The Bertz CT molecular complexity index is 1950. The van der Waals surface area contributed by atoms with Crippen molar-refractivity contribution in [2.75, 3.05) is 27.5 Å². The molecule has 0 saturated carbocycles. The Morgan fingerprint density at radius 1 is 1.12 bits per heavy atom. The zero-order chi connectivity index (χ0) is 34.9. The number of aryl methyl sites for hydroxylation is 1. The summed E-state index contributed by atoms with van der Waals surface area (Å²) in [5.74, 6) is 0.695. The number of rotatable bonds is 5. The number of nitriles is 1. The number of fused-ring (bicyclic) bond motifs is 9.